The Bertz CT molecular complexity index is 450. The highest BCUT2D eigenvalue weighted by molar-refractivity contribution is 6.30. The van der Waals surface area contributed by atoms with Gasteiger partial charge in [-0.25, -0.2) is 4.79 Å². The topological polar surface area (TPSA) is 58.6 Å². The molecule has 1 aliphatic heterocycles. The molecule has 0 aromatic heterocycles. The Morgan fingerprint density at radius 2 is 2.39 bits per heavy atom. The first-order valence-corrected chi connectivity index (χ1v) is 6.28. The highest BCUT2D eigenvalue weighted by atomic mass is 35.5. The molecule has 98 valence electrons. The Morgan fingerprint density at radius 3 is 3.06 bits per heavy atom. The maximum absolute atomic E-state index is 11.0. The normalized spacial score (nSPS) is 23.2. The molecule has 1 saturated heterocycles. The Kier molecular flexibility index (Phi) is 4.22. The fourth-order valence-corrected chi connectivity index (χ4v) is 2.37. The van der Waals surface area contributed by atoms with Crippen molar-refractivity contribution in [3.63, 3.8) is 0 Å². The molecule has 1 heterocycles. The third-order valence-electron chi connectivity index (χ3n) is 3.19. The lowest BCUT2D eigenvalue weighted by Crippen LogP contribution is -2.40. The number of carboxylic acid groups (broad SMARTS) is 1. The quantitative estimate of drug-likeness (QED) is 0.878. The van der Waals surface area contributed by atoms with Crippen LogP contribution >= 0.6 is 11.6 Å². The summed E-state index contributed by atoms with van der Waals surface area (Å²) in [5.41, 5.74) is 2.22. The van der Waals surface area contributed by atoms with E-state index in [9.17, 15) is 4.79 Å². The molecule has 0 radical (unpaired) electrons. The fraction of sp³-hybridized carbons (Fsp3) is 0.462. The Hall–Kier alpha value is -1.10. The average Bonchev–Trinajstić information content (AvgIpc) is 2.76. The molecule has 2 atom stereocenters. The zero-order valence-corrected chi connectivity index (χ0v) is 10.9. The van der Waals surface area contributed by atoms with E-state index in [1.807, 2.05) is 25.1 Å². The monoisotopic (exact) mass is 269 g/mol. The highest BCUT2D eigenvalue weighted by Gasteiger charge is 2.33. The van der Waals surface area contributed by atoms with Crippen LogP contribution in [0.5, 0.6) is 0 Å². The molecule has 0 spiro atoms. The van der Waals surface area contributed by atoms with Gasteiger partial charge in [0.1, 0.15) is 0 Å². The first-order valence-electron chi connectivity index (χ1n) is 5.91. The van der Waals surface area contributed by atoms with Gasteiger partial charge in [0, 0.05) is 24.2 Å². The summed E-state index contributed by atoms with van der Waals surface area (Å²) in [6.07, 6.45) is -0.0125. The second-order valence-corrected chi connectivity index (χ2v) is 4.91. The Labute approximate surface area is 111 Å². The van der Waals surface area contributed by atoms with Gasteiger partial charge in [0.25, 0.3) is 0 Å². The van der Waals surface area contributed by atoms with Gasteiger partial charge in [-0.3, -0.25) is 0 Å². The number of nitrogens with one attached hydrogen (secondary N) is 1. The molecule has 18 heavy (non-hydrogen) atoms. The number of carbonyl (C=O) groups is 1. The Morgan fingerprint density at radius 1 is 1.61 bits per heavy atom. The minimum atomic E-state index is -0.905. The van der Waals surface area contributed by atoms with Crippen LogP contribution in [-0.4, -0.2) is 29.8 Å². The van der Waals surface area contributed by atoms with Gasteiger partial charge in [-0.1, -0.05) is 17.7 Å². The summed E-state index contributed by atoms with van der Waals surface area (Å²) in [7, 11) is 0. The van der Waals surface area contributed by atoms with E-state index in [0.717, 1.165) is 17.5 Å². The van der Waals surface area contributed by atoms with Crippen molar-refractivity contribution >= 4 is 17.6 Å². The van der Waals surface area contributed by atoms with Crippen LogP contribution in [-0.2, 0) is 16.1 Å². The molecule has 1 aromatic rings. The molecule has 1 aromatic carbocycles. The molecule has 0 saturated carbocycles. The van der Waals surface area contributed by atoms with Gasteiger partial charge in [-0.05, 0) is 36.6 Å². The van der Waals surface area contributed by atoms with Gasteiger partial charge < -0.3 is 15.2 Å². The summed E-state index contributed by atoms with van der Waals surface area (Å²) >= 11 is 5.89. The SMILES string of the molecule is Cc1cc(Cl)ccc1CN[C@@H]1CCO[C@@H]1C(=O)O. The van der Waals surface area contributed by atoms with Gasteiger partial charge >= 0.3 is 5.97 Å². The van der Waals surface area contributed by atoms with Gasteiger partial charge in [0.05, 0.1) is 0 Å². The summed E-state index contributed by atoms with van der Waals surface area (Å²) in [6, 6.07) is 5.57. The molecule has 2 N–H and O–H groups in total. The second kappa shape index (κ2) is 5.69. The summed E-state index contributed by atoms with van der Waals surface area (Å²) in [5, 5.41) is 12.9. The van der Waals surface area contributed by atoms with Gasteiger partial charge in [-0.15, -0.1) is 0 Å². The highest BCUT2D eigenvalue weighted by Crippen LogP contribution is 2.17. The van der Waals surface area contributed by atoms with Gasteiger partial charge in [0.15, 0.2) is 6.10 Å². The van der Waals surface area contributed by atoms with Crippen molar-refractivity contribution < 1.29 is 14.6 Å². The number of hydrogen-bond donors (Lipinski definition) is 2. The number of rotatable bonds is 4. The number of hydrogen-bond acceptors (Lipinski definition) is 3. The molecule has 5 heteroatoms. The smallest absolute Gasteiger partial charge is 0.334 e. The lowest BCUT2D eigenvalue weighted by molar-refractivity contribution is -0.148. The molecule has 0 aliphatic carbocycles. The van der Waals surface area contributed by atoms with E-state index < -0.39 is 12.1 Å². The molecule has 1 aliphatic rings. The van der Waals surface area contributed by atoms with Crippen LogP contribution in [0.4, 0.5) is 0 Å². The first-order chi connectivity index (χ1) is 8.58. The van der Waals surface area contributed by atoms with E-state index in [0.29, 0.717) is 18.2 Å². The van der Waals surface area contributed by atoms with E-state index in [2.05, 4.69) is 5.32 Å². The number of benzene rings is 1. The third-order valence-corrected chi connectivity index (χ3v) is 3.43. The third kappa shape index (κ3) is 3.02. The summed E-state index contributed by atoms with van der Waals surface area (Å²) in [5.74, 6) is -0.905. The van der Waals surface area contributed by atoms with Gasteiger partial charge in [0.2, 0.25) is 0 Å². The maximum atomic E-state index is 11.0. The number of aryl methyl sites for hydroxylation is 1. The largest absolute Gasteiger partial charge is 0.479 e. The number of ether oxygens (including phenoxy) is 1. The van der Waals surface area contributed by atoms with Crippen molar-refractivity contribution in [2.24, 2.45) is 0 Å². The number of aliphatic carboxylic acids is 1. The average molecular weight is 270 g/mol. The molecule has 4 nitrogen and oxygen atoms in total. The summed E-state index contributed by atoms with van der Waals surface area (Å²) in [4.78, 5) is 11.0. The maximum Gasteiger partial charge on any atom is 0.334 e. The van der Waals surface area contributed by atoms with E-state index in [-0.39, 0.29) is 6.04 Å². The van der Waals surface area contributed by atoms with Crippen LogP contribution in [0.25, 0.3) is 0 Å². The molecular formula is C13H16ClNO3. The predicted octanol–water partition coefficient (Wildman–Crippen LogP) is 1.98. The second-order valence-electron chi connectivity index (χ2n) is 4.48. The molecule has 0 amide bonds. The lowest BCUT2D eigenvalue weighted by atomic mass is 10.1. The number of halogens is 1. The van der Waals surface area contributed by atoms with Gasteiger partial charge in [-0.2, -0.15) is 0 Å². The van der Waals surface area contributed by atoms with Crippen molar-refractivity contribution in [2.45, 2.75) is 32.0 Å². The van der Waals surface area contributed by atoms with Crippen LogP contribution in [0, 0.1) is 6.92 Å². The fourth-order valence-electron chi connectivity index (χ4n) is 2.14. The predicted molar refractivity (Wildman–Crippen MR) is 68.8 cm³/mol. The lowest BCUT2D eigenvalue weighted by Gasteiger charge is -2.17. The van der Waals surface area contributed by atoms with E-state index in [1.54, 1.807) is 0 Å². The molecule has 0 bridgehead atoms. The molecular weight excluding hydrogens is 254 g/mol. The van der Waals surface area contributed by atoms with E-state index in [1.165, 1.54) is 0 Å². The van der Waals surface area contributed by atoms with Crippen molar-refractivity contribution in [2.75, 3.05) is 6.61 Å². The van der Waals surface area contributed by atoms with Crippen molar-refractivity contribution in [3.8, 4) is 0 Å². The summed E-state index contributed by atoms with van der Waals surface area (Å²) < 4.78 is 5.18. The van der Waals surface area contributed by atoms with Crippen LogP contribution in [0.1, 0.15) is 17.5 Å². The summed E-state index contributed by atoms with van der Waals surface area (Å²) in [6.45, 7) is 3.11. The molecule has 2 rings (SSSR count). The van der Waals surface area contributed by atoms with E-state index in [4.69, 9.17) is 21.4 Å². The van der Waals surface area contributed by atoms with Crippen LogP contribution in [0.3, 0.4) is 0 Å². The minimum Gasteiger partial charge on any atom is -0.479 e. The minimum absolute atomic E-state index is 0.127. The molecule has 1 fully saturated rings. The number of carboxylic acids is 1. The molecule has 0 unspecified atom stereocenters. The zero-order valence-electron chi connectivity index (χ0n) is 10.1. The Balaban J connectivity index is 1.97. The van der Waals surface area contributed by atoms with Crippen LogP contribution < -0.4 is 5.32 Å². The standard InChI is InChI=1S/C13H16ClNO3/c1-8-6-10(14)3-2-9(8)7-15-11-4-5-18-12(11)13(16)17/h2-3,6,11-12,15H,4-5,7H2,1H3,(H,16,17)/t11-,12+/m1/s1. The van der Waals surface area contributed by atoms with Crippen molar-refractivity contribution in [1.82, 2.24) is 5.32 Å². The first kappa shape index (κ1) is 13.3. The van der Waals surface area contributed by atoms with Crippen molar-refractivity contribution in [3.05, 3.63) is 34.3 Å². The van der Waals surface area contributed by atoms with Crippen molar-refractivity contribution in [1.29, 1.82) is 0 Å². The van der Waals surface area contributed by atoms with E-state index >= 15 is 0 Å². The van der Waals surface area contributed by atoms with Crippen LogP contribution in [0.2, 0.25) is 5.02 Å². The van der Waals surface area contributed by atoms with Crippen LogP contribution in [0.15, 0.2) is 18.2 Å². The zero-order chi connectivity index (χ0) is 13.1.